The Morgan fingerprint density at radius 1 is 1.36 bits per heavy atom. The zero-order valence-electron chi connectivity index (χ0n) is 16.8. The first-order chi connectivity index (χ1) is 12.9. The van der Waals surface area contributed by atoms with Gasteiger partial charge in [-0.05, 0) is 44.9 Å². The van der Waals surface area contributed by atoms with Crippen molar-refractivity contribution in [3.63, 3.8) is 0 Å². The van der Waals surface area contributed by atoms with Crippen LogP contribution >= 0.6 is 0 Å². The van der Waals surface area contributed by atoms with E-state index in [4.69, 9.17) is 4.74 Å². The number of alkyl halides is 3. The Morgan fingerprint density at radius 2 is 2.04 bits per heavy atom. The number of pyridine rings is 1. The maximum absolute atomic E-state index is 12.8. The number of hydrogen-bond donors (Lipinski definition) is 1. The van der Waals surface area contributed by atoms with Gasteiger partial charge in [0.1, 0.15) is 6.61 Å². The third kappa shape index (κ3) is 5.98. The number of rotatable bonds is 7. The monoisotopic (exact) mass is 403 g/mol. The minimum absolute atomic E-state index is 0.0238. The van der Waals surface area contributed by atoms with E-state index in [-0.39, 0.29) is 24.4 Å². The second-order valence-electron chi connectivity index (χ2n) is 8.24. The zero-order valence-corrected chi connectivity index (χ0v) is 16.8. The van der Waals surface area contributed by atoms with E-state index in [1.54, 1.807) is 13.8 Å². The molecule has 6 nitrogen and oxygen atoms in total. The summed E-state index contributed by atoms with van der Waals surface area (Å²) in [5.74, 6) is -0.295. The highest BCUT2D eigenvalue weighted by atomic mass is 19.4. The molecule has 2 rings (SSSR count). The van der Waals surface area contributed by atoms with Gasteiger partial charge in [-0.15, -0.1) is 13.2 Å². The lowest BCUT2D eigenvalue weighted by Gasteiger charge is -2.29. The summed E-state index contributed by atoms with van der Waals surface area (Å²) in [7, 11) is 2.01. The molecule has 0 spiro atoms. The van der Waals surface area contributed by atoms with Gasteiger partial charge in [0, 0.05) is 25.3 Å². The van der Waals surface area contributed by atoms with Crippen LogP contribution in [0.1, 0.15) is 27.7 Å². The molecule has 1 aliphatic rings. The van der Waals surface area contributed by atoms with Crippen molar-refractivity contribution in [3.05, 3.63) is 18.3 Å². The highest BCUT2D eigenvalue weighted by Gasteiger charge is 2.38. The predicted octanol–water partition coefficient (Wildman–Crippen LogP) is 3.09. The molecule has 2 atom stereocenters. The molecule has 0 radical (unpaired) electrons. The number of ether oxygens (including phenoxy) is 2. The van der Waals surface area contributed by atoms with Gasteiger partial charge in [0.25, 0.3) is 5.88 Å². The predicted molar refractivity (Wildman–Crippen MR) is 98.0 cm³/mol. The maximum Gasteiger partial charge on any atom is 0.573 e. The Hall–Kier alpha value is -2.03. The van der Waals surface area contributed by atoms with Crippen LogP contribution in [-0.4, -0.2) is 54.9 Å². The second-order valence-corrected chi connectivity index (χ2v) is 8.24. The number of hydrogen-bond acceptors (Lipinski definition) is 5. The molecular formula is C19H28F3N3O3. The molecule has 1 fully saturated rings. The number of nitrogens with zero attached hydrogens (tertiary/aromatic N) is 2. The maximum atomic E-state index is 12.8. The third-order valence-corrected chi connectivity index (χ3v) is 4.87. The lowest BCUT2D eigenvalue weighted by atomic mass is 9.88. The van der Waals surface area contributed by atoms with Gasteiger partial charge >= 0.3 is 6.36 Å². The van der Waals surface area contributed by atoms with Crippen molar-refractivity contribution in [1.29, 1.82) is 0 Å². The summed E-state index contributed by atoms with van der Waals surface area (Å²) in [5.41, 5.74) is -0.963. The third-order valence-electron chi connectivity index (χ3n) is 4.87. The summed E-state index contributed by atoms with van der Waals surface area (Å²) in [5, 5.41) is 3.08. The molecule has 0 aliphatic carbocycles. The van der Waals surface area contributed by atoms with Crippen LogP contribution in [-0.2, 0) is 4.79 Å². The summed E-state index contributed by atoms with van der Waals surface area (Å²) < 4.78 is 46.9. The van der Waals surface area contributed by atoms with Gasteiger partial charge in [-0.25, -0.2) is 4.98 Å². The average molecular weight is 403 g/mol. The lowest BCUT2D eigenvalue weighted by Crippen LogP contribution is -2.49. The Morgan fingerprint density at radius 3 is 2.64 bits per heavy atom. The van der Waals surface area contributed by atoms with E-state index in [0.29, 0.717) is 11.8 Å². The van der Waals surface area contributed by atoms with Crippen molar-refractivity contribution in [2.24, 2.45) is 17.3 Å². The number of amides is 1. The van der Waals surface area contributed by atoms with E-state index >= 15 is 0 Å². The molecule has 1 aromatic heterocycles. The molecular weight excluding hydrogens is 375 g/mol. The van der Waals surface area contributed by atoms with Gasteiger partial charge in [-0.1, -0.05) is 13.8 Å². The summed E-state index contributed by atoms with van der Waals surface area (Å²) >= 11 is 0. The fraction of sp³-hybridized carbons (Fsp3) is 0.684. The van der Waals surface area contributed by atoms with Crippen LogP contribution in [0.5, 0.6) is 11.6 Å². The Balaban J connectivity index is 2.01. The number of likely N-dealkylation sites (N-methyl/N-ethyl adjacent to an activating group) is 1. The van der Waals surface area contributed by atoms with Gasteiger partial charge in [0.05, 0.1) is 5.41 Å². The van der Waals surface area contributed by atoms with E-state index in [0.717, 1.165) is 19.2 Å². The number of nitrogens with one attached hydrogen (secondary N) is 1. The molecule has 0 bridgehead atoms. The van der Waals surface area contributed by atoms with Crippen molar-refractivity contribution < 1.29 is 27.4 Å². The normalized spacial score (nSPS) is 21.0. The minimum Gasteiger partial charge on any atom is -0.474 e. The van der Waals surface area contributed by atoms with Crippen molar-refractivity contribution >= 4 is 5.91 Å². The highest BCUT2D eigenvalue weighted by Crippen LogP contribution is 2.31. The Kier molecular flexibility index (Phi) is 6.80. The molecule has 0 unspecified atom stereocenters. The zero-order chi connectivity index (χ0) is 21.1. The number of halogens is 3. The smallest absolute Gasteiger partial charge is 0.474 e. The largest absolute Gasteiger partial charge is 0.573 e. The molecule has 9 heteroatoms. The topological polar surface area (TPSA) is 63.7 Å². The summed E-state index contributed by atoms with van der Waals surface area (Å²) in [4.78, 5) is 18.8. The molecule has 1 aromatic rings. The fourth-order valence-corrected chi connectivity index (χ4v) is 3.23. The number of carbonyl (C=O) groups is 1. The van der Waals surface area contributed by atoms with E-state index in [1.165, 1.54) is 12.3 Å². The standard InChI is InChI=1S/C19H28F3N3O3/c1-12(2)13-9-25(5)10-14(13)24-17(26)18(3,4)11-27-16-15(7-6-8-23-16)28-19(20,21)22/h6-8,12-14H,9-11H2,1-5H3,(H,24,26)/t13-,14+/m1/s1. The van der Waals surface area contributed by atoms with Crippen molar-refractivity contribution in [3.8, 4) is 11.6 Å². The van der Waals surface area contributed by atoms with E-state index in [9.17, 15) is 18.0 Å². The van der Waals surface area contributed by atoms with Gasteiger partial charge in [0.15, 0.2) is 5.75 Å². The van der Waals surface area contributed by atoms with Crippen molar-refractivity contribution in [1.82, 2.24) is 15.2 Å². The quantitative estimate of drug-likeness (QED) is 0.758. The summed E-state index contributed by atoms with van der Waals surface area (Å²) in [6, 6.07) is 2.45. The molecule has 1 N–H and O–H groups in total. The SMILES string of the molecule is CC(C)[C@H]1CN(C)C[C@@H]1NC(=O)C(C)(C)COc1ncccc1OC(F)(F)F. The van der Waals surface area contributed by atoms with Crippen LogP contribution in [0.15, 0.2) is 18.3 Å². The van der Waals surface area contributed by atoms with Gasteiger partial charge in [-0.3, -0.25) is 4.79 Å². The van der Waals surface area contributed by atoms with Gasteiger partial charge in [0.2, 0.25) is 5.91 Å². The second kappa shape index (κ2) is 8.55. The Bertz CT molecular complexity index is 680. The van der Waals surface area contributed by atoms with E-state index < -0.39 is 17.5 Å². The van der Waals surface area contributed by atoms with Crippen LogP contribution < -0.4 is 14.8 Å². The van der Waals surface area contributed by atoms with Crippen molar-refractivity contribution in [2.75, 3.05) is 26.7 Å². The average Bonchev–Trinajstić information content (AvgIpc) is 2.93. The number of carbonyl (C=O) groups excluding carboxylic acids is 1. The first kappa shape index (κ1) is 22.3. The molecule has 28 heavy (non-hydrogen) atoms. The number of aromatic nitrogens is 1. The summed E-state index contributed by atoms with van der Waals surface area (Å²) in [6.07, 6.45) is -3.55. The van der Waals surface area contributed by atoms with Gasteiger partial charge in [-0.2, -0.15) is 0 Å². The molecule has 0 aromatic carbocycles. The molecule has 1 amide bonds. The van der Waals surface area contributed by atoms with Crippen LogP contribution in [0.2, 0.25) is 0 Å². The van der Waals surface area contributed by atoms with E-state index in [1.807, 2.05) is 7.05 Å². The van der Waals surface area contributed by atoms with Crippen LogP contribution in [0.4, 0.5) is 13.2 Å². The highest BCUT2D eigenvalue weighted by molar-refractivity contribution is 5.82. The van der Waals surface area contributed by atoms with Crippen LogP contribution in [0.25, 0.3) is 0 Å². The molecule has 1 aliphatic heterocycles. The minimum atomic E-state index is -4.85. The van der Waals surface area contributed by atoms with Crippen LogP contribution in [0.3, 0.4) is 0 Å². The summed E-state index contributed by atoms with van der Waals surface area (Å²) in [6.45, 7) is 9.14. The lowest BCUT2D eigenvalue weighted by molar-refractivity contribution is -0.275. The molecule has 1 saturated heterocycles. The van der Waals surface area contributed by atoms with Crippen LogP contribution in [0, 0.1) is 17.3 Å². The molecule has 158 valence electrons. The van der Waals surface area contributed by atoms with E-state index in [2.05, 4.69) is 33.8 Å². The fourth-order valence-electron chi connectivity index (χ4n) is 3.23. The Labute approximate surface area is 163 Å². The van der Waals surface area contributed by atoms with Gasteiger partial charge < -0.3 is 19.7 Å². The number of likely N-dealkylation sites (tertiary alicyclic amines) is 1. The molecule has 2 heterocycles. The molecule has 0 saturated carbocycles. The van der Waals surface area contributed by atoms with Crippen molar-refractivity contribution in [2.45, 2.75) is 40.1 Å². The first-order valence-electron chi connectivity index (χ1n) is 9.22. The first-order valence-corrected chi connectivity index (χ1v) is 9.22.